The van der Waals surface area contributed by atoms with Crippen molar-refractivity contribution in [1.82, 2.24) is 19.7 Å². The Morgan fingerprint density at radius 2 is 1.96 bits per heavy atom. The summed E-state index contributed by atoms with van der Waals surface area (Å²) in [6, 6.07) is 14.5. The summed E-state index contributed by atoms with van der Waals surface area (Å²) >= 11 is 6.93. The SMILES string of the molecule is C[C@@H](c1nc2ccccc2s1)N(C)Cn1nc(-c2ccccc2F)oc1=S. The topological polar surface area (TPSA) is 47.1 Å². The van der Waals surface area contributed by atoms with Gasteiger partial charge in [-0.3, -0.25) is 4.90 Å². The van der Waals surface area contributed by atoms with Gasteiger partial charge in [0.25, 0.3) is 4.84 Å². The second-order valence-electron chi connectivity index (χ2n) is 6.25. The van der Waals surface area contributed by atoms with Crippen molar-refractivity contribution in [2.75, 3.05) is 7.05 Å². The fraction of sp³-hybridized carbons (Fsp3) is 0.211. The van der Waals surface area contributed by atoms with E-state index in [2.05, 4.69) is 23.0 Å². The van der Waals surface area contributed by atoms with E-state index in [4.69, 9.17) is 21.6 Å². The maximum Gasteiger partial charge on any atom is 0.288 e. The van der Waals surface area contributed by atoms with Crippen LogP contribution in [0.25, 0.3) is 21.7 Å². The van der Waals surface area contributed by atoms with Crippen LogP contribution in [0.1, 0.15) is 18.0 Å². The summed E-state index contributed by atoms with van der Waals surface area (Å²) in [5.74, 6) is -0.212. The molecule has 0 unspecified atom stereocenters. The van der Waals surface area contributed by atoms with Gasteiger partial charge in [-0.25, -0.2) is 14.1 Å². The lowest BCUT2D eigenvalue weighted by Gasteiger charge is -2.22. The monoisotopic (exact) mass is 400 g/mol. The molecule has 0 aliphatic rings. The van der Waals surface area contributed by atoms with Crippen molar-refractivity contribution < 1.29 is 8.81 Å². The molecule has 8 heteroatoms. The minimum Gasteiger partial charge on any atom is -0.409 e. The lowest BCUT2D eigenvalue weighted by atomic mass is 10.2. The standard InChI is InChI=1S/C19H17FN4OS2/c1-12(18-21-15-9-5-6-10-16(15)27-18)23(2)11-24-19(26)25-17(22-24)13-7-3-4-8-14(13)20/h3-10,12H,11H2,1-2H3/t12-/m0/s1. The first-order valence-electron chi connectivity index (χ1n) is 8.41. The average molecular weight is 401 g/mol. The Morgan fingerprint density at radius 3 is 2.74 bits per heavy atom. The molecular weight excluding hydrogens is 383 g/mol. The Balaban J connectivity index is 1.56. The van der Waals surface area contributed by atoms with Gasteiger partial charge in [0.1, 0.15) is 10.8 Å². The van der Waals surface area contributed by atoms with Gasteiger partial charge in [-0.15, -0.1) is 16.4 Å². The zero-order chi connectivity index (χ0) is 19.0. The molecule has 0 amide bonds. The van der Waals surface area contributed by atoms with Gasteiger partial charge in [0.05, 0.1) is 28.5 Å². The van der Waals surface area contributed by atoms with E-state index in [0.717, 1.165) is 15.2 Å². The van der Waals surface area contributed by atoms with E-state index in [1.165, 1.54) is 6.07 Å². The second kappa shape index (κ2) is 7.30. The number of nitrogens with zero attached hydrogens (tertiary/aromatic N) is 4. The summed E-state index contributed by atoms with van der Waals surface area (Å²) in [6.45, 7) is 2.49. The molecule has 1 atom stereocenters. The van der Waals surface area contributed by atoms with Gasteiger partial charge in [0.15, 0.2) is 0 Å². The van der Waals surface area contributed by atoms with E-state index >= 15 is 0 Å². The molecule has 4 rings (SSSR count). The number of para-hydroxylation sites is 1. The average Bonchev–Trinajstić information content (AvgIpc) is 3.25. The quantitative estimate of drug-likeness (QED) is 0.427. The normalized spacial score (nSPS) is 12.7. The van der Waals surface area contributed by atoms with Gasteiger partial charge in [-0.1, -0.05) is 24.3 Å². The van der Waals surface area contributed by atoms with Crippen molar-refractivity contribution in [1.29, 1.82) is 0 Å². The third kappa shape index (κ3) is 3.55. The molecule has 0 aliphatic carbocycles. The van der Waals surface area contributed by atoms with Crippen LogP contribution < -0.4 is 0 Å². The summed E-state index contributed by atoms with van der Waals surface area (Å²) in [4.78, 5) is 6.99. The number of aromatic nitrogens is 3. The van der Waals surface area contributed by atoms with Gasteiger partial charge in [0, 0.05) is 0 Å². The zero-order valence-electron chi connectivity index (χ0n) is 14.8. The summed E-state index contributed by atoms with van der Waals surface area (Å²) in [5, 5.41) is 5.36. The van der Waals surface area contributed by atoms with Crippen molar-refractivity contribution in [2.24, 2.45) is 0 Å². The van der Waals surface area contributed by atoms with Crippen LogP contribution >= 0.6 is 23.6 Å². The minimum atomic E-state index is -0.392. The van der Waals surface area contributed by atoms with Crippen molar-refractivity contribution in [3.63, 3.8) is 0 Å². The predicted molar refractivity (Wildman–Crippen MR) is 107 cm³/mol. The third-order valence-corrected chi connectivity index (χ3v) is 5.90. The highest BCUT2D eigenvalue weighted by Gasteiger charge is 2.19. The molecule has 0 aliphatic heterocycles. The van der Waals surface area contributed by atoms with Crippen LogP contribution in [0.4, 0.5) is 4.39 Å². The molecule has 0 radical (unpaired) electrons. The number of hydrogen-bond acceptors (Lipinski definition) is 6. The van der Waals surface area contributed by atoms with Crippen LogP contribution in [0.3, 0.4) is 0 Å². The van der Waals surface area contributed by atoms with Crippen LogP contribution in [0.15, 0.2) is 52.9 Å². The van der Waals surface area contributed by atoms with E-state index < -0.39 is 5.82 Å². The number of fused-ring (bicyclic) bond motifs is 1. The van der Waals surface area contributed by atoms with Gasteiger partial charge < -0.3 is 4.42 Å². The van der Waals surface area contributed by atoms with Crippen LogP contribution in [-0.2, 0) is 6.67 Å². The highest BCUT2D eigenvalue weighted by atomic mass is 32.1. The van der Waals surface area contributed by atoms with E-state index in [-0.39, 0.29) is 16.8 Å². The molecule has 0 fully saturated rings. The number of halogens is 1. The van der Waals surface area contributed by atoms with E-state index in [0.29, 0.717) is 12.2 Å². The molecule has 0 saturated carbocycles. The largest absolute Gasteiger partial charge is 0.409 e. The molecule has 4 aromatic rings. The van der Waals surface area contributed by atoms with Gasteiger partial charge in [-0.05, 0) is 50.5 Å². The smallest absolute Gasteiger partial charge is 0.288 e. The Bertz CT molecular complexity index is 1120. The van der Waals surface area contributed by atoms with Crippen molar-refractivity contribution in [3.05, 3.63) is 64.2 Å². The zero-order valence-corrected chi connectivity index (χ0v) is 16.4. The van der Waals surface area contributed by atoms with Crippen LogP contribution in [0.2, 0.25) is 0 Å². The number of hydrogen-bond donors (Lipinski definition) is 0. The van der Waals surface area contributed by atoms with Crippen LogP contribution in [0.5, 0.6) is 0 Å². The molecular formula is C19H17FN4OS2. The molecule has 2 heterocycles. The lowest BCUT2D eigenvalue weighted by molar-refractivity contribution is 0.192. The fourth-order valence-electron chi connectivity index (χ4n) is 2.73. The minimum absolute atomic E-state index is 0.0675. The molecule has 0 spiro atoms. The van der Waals surface area contributed by atoms with E-state index in [1.54, 1.807) is 34.2 Å². The van der Waals surface area contributed by atoms with E-state index in [9.17, 15) is 4.39 Å². The summed E-state index contributed by atoms with van der Waals surface area (Å²) in [6.07, 6.45) is 0. The molecule has 27 heavy (non-hydrogen) atoms. The molecule has 2 aromatic carbocycles. The van der Waals surface area contributed by atoms with E-state index in [1.807, 2.05) is 25.2 Å². The highest BCUT2D eigenvalue weighted by molar-refractivity contribution is 7.71. The van der Waals surface area contributed by atoms with Gasteiger partial charge in [-0.2, -0.15) is 0 Å². The molecule has 0 saturated heterocycles. The number of rotatable bonds is 5. The van der Waals surface area contributed by atoms with Gasteiger partial charge in [0.2, 0.25) is 5.89 Å². The van der Waals surface area contributed by atoms with Crippen molar-refractivity contribution >= 4 is 33.8 Å². The fourth-order valence-corrected chi connectivity index (χ4v) is 3.99. The highest BCUT2D eigenvalue weighted by Crippen LogP contribution is 2.29. The first-order valence-corrected chi connectivity index (χ1v) is 9.64. The summed E-state index contributed by atoms with van der Waals surface area (Å²) in [7, 11) is 1.97. The summed E-state index contributed by atoms with van der Waals surface area (Å²) < 4.78 is 22.2. The lowest BCUT2D eigenvalue weighted by Crippen LogP contribution is -2.26. The number of thiazole rings is 1. The third-order valence-electron chi connectivity index (χ3n) is 4.40. The number of benzene rings is 2. The molecule has 2 aromatic heterocycles. The second-order valence-corrected chi connectivity index (χ2v) is 7.66. The molecule has 5 nitrogen and oxygen atoms in total. The van der Waals surface area contributed by atoms with Crippen LogP contribution in [-0.4, -0.2) is 26.7 Å². The predicted octanol–water partition coefficient (Wildman–Crippen LogP) is 5.27. The first-order chi connectivity index (χ1) is 13.0. The Hall–Kier alpha value is -2.42. The Morgan fingerprint density at radius 1 is 1.22 bits per heavy atom. The van der Waals surface area contributed by atoms with Crippen molar-refractivity contribution in [2.45, 2.75) is 19.6 Å². The molecule has 0 bridgehead atoms. The Kier molecular flexibility index (Phi) is 4.86. The molecule has 138 valence electrons. The maximum atomic E-state index is 14.0. The first kappa shape index (κ1) is 18.0. The van der Waals surface area contributed by atoms with Crippen molar-refractivity contribution in [3.8, 4) is 11.5 Å². The molecule has 0 N–H and O–H groups in total. The summed E-state index contributed by atoms with van der Waals surface area (Å²) in [5.41, 5.74) is 1.29. The van der Waals surface area contributed by atoms with Gasteiger partial charge >= 0.3 is 0 Å². The maximum absolute atomic E-state index is 14.0. The van der Waals surface area contributed by atoms with Crippen LogP contribution in [0, 0.1) is 10.7 Å². The Labute approximate surface area is 164 Å².